The summed E-state index contributed by atoms with van der Waals surface area (Å²) in [5.41, 5.74) is 1.31. The monoisotopic (exact) mass is 395 g/mol. The van der Waals surface area contributed by atoms with Crippen molar-refractivity contribution in [2.45, 2.75) is 38.6 Å². The van der Waals surface area contributed by atoms with E-state index >= 15 is 0 Å². The molecule has 2 fully saturated rings. The molecule has 7 nitrogen and oxygen atoms in total. The third-order valence-electron chi connectivity index (χ3n) is 5.52. The van der Waals surface area contributed by atoms with E-state index in [1.807, 2.05) is 21.0 Å². The summed E-state index contributed by atoms with van der Waals surface area (Å²) in [7, 11) is 0. The molecule has 0 aromatic carbocycles. The van der Waals surface area contributed by atoms with Crippen LogP contribution in [0.2, 0.25) is 0 Å². The molecule has 5 rings (SSSR count). The molecule has 3 aromatic rings. The van der Waals surface area contributed by atoms with Gasteiger partial charge in [-0.05, 0) is 44.9 Å². The summed E-state index contributed by atoms with van der Waals surface area (Å²) in [6.07, 6.45) is 10.3. The van der Waals surface area contributed by atoms with Gasteiger partial charge in [-0.15, -0.1) is 11.3 Å². The molecule has 1 aliphatic carbocycles. The molecule has 0 unspecified atom stereocenters. The summed E-state index contributed by atoms with van der Waals surface area (Å²) in [5, 5.41) is 9.86. The molecule has 3 aromatic heterocycles. The van der Waals surface area contributed by atoms with Crippen molar-refractivity contribution in [3.8, 4) is 11.4 Å². The standard InChI is InChI=1S/C20H23N6OS/c1-13(14-5-6-14)22-17-11-16(19(27)25-7-3-2-4-8-25)23-18(24-17)15-12-21-26-9-10-28-20(15)26/h2,9-14H,3-8H2,1H3,(H,22,23,24)/t13-/m0/s1. The third kappa shape index (κ3) is 3.37. The van der Waals surface area contributed by atoms with Crippen molar-refractivity contribution >= 4 is 27.9 Å². The number of amides is 1. The van der Waals surface area contributed by atoms with Crippen LogP contribution in [0.3, 0.4) is 0 Å². The van der Waals surface area contributed by atoms with Crippen LogP contribution in [0.4, 0.5) is 5.82 Å². The number of aromatic nitrogens is 4. The Morgan fingerprint density at radius 2 is 2.11 bits per heavy atom. The first-order valence-electron chi connectivity index (χ1n) is 9.87. The SMILES string of the molecule is C[C@H](Nc1cc(C(=O)N2CC[CH]CC2)nc(-c2cnn3ccsc23)n1)C1CC1. The first kappa shape index (κ1) is 17.6. The summed E-state index contributed by atoms with van der Waals surface area (Å²) >= 11 is 1.59. The molecule has 8 heteroatoms. The molecule has 1 saturated heterocycles. The lowest BCUT2D eigenvalue weighted by atomic mass is 10.1. The molecule has 1 aliphatic heterocycles. The second-order valence-corrected chi connectivity index (χ2v) is 8.50. The van der Waals surface area contributed by atoms with Crippen molar-refractivity contribution in [2.75, 3.05) is 18.4 Å². The summed E-state index contributed by atoms with van der Waals surface area (Å²) in [6.45, 7) is 3.68. The van der Waals surface area contributed by atoms with Gasteiger partial charge >= 0.3 is 0 Å². The number of fused-ring (bicyclic) bond motifs is 1. The van der Waals surface area contributed by atoms with Gasteiger partial charge < -0.3 is 10.2 Å². The van der Waals surface area contributed by atoms with Crippen LogP contribution in [-0.2, 0) is 0 Å². The maximum atomic E-state index is 13.1. The topological polar surface area (TPSA) is 75.4 Å². The minimum atomic E-state index is -0.0199. The van der Waals surface area contributed by atoms with Crippen LogP contribution in [-0.4, -0.2) is 49.5 Å². The predicted octanol–water partition coefficient (Wildman–Crippen LogP) is 3.50. The fourth-order valence-electron chi connectivity index (χ4n) is 3.69. The van der Waals surface area contributed by atoms with E-state index in [4.69, 9.17) is 4.98 Å². The zero-order chi connectivity index (χ0) is 19.1. The van der Waals surface area contributed by atoms with Crippen molar-refractivity contribution in [1.82, 2.24) is 24.5 Å². The smallest absolute Gasteiger partial charge is 0.272 e. The molecular formula is C20H23N6OS. The Balaban J connectivity index is 1.53. The maximum Gasteiger partial charge on any atom is 0.272 e. The summed E-state index contributed by atoms with van der Waals surface area (Å²) in [4.78, 5) is 25.4. The maximum absolute atomic E-state index is 13.1. The van der Waals surface area contributed by atoms with E-state index in [9.17, 15) is 4.79 Å². The normalized spacial score (nSPS) is 18.4. The van der Waals surface area contributed by atoms with Crippen molar-refractivity contribution in [3.63, 3.8) is 0 Å². The Bertz CT molecular complexity index is 1000. The van der Waals surface area contributed by atoms with Crippen LogP contribution in [0.15, 0.2) is 23.8 Å². The van der Waals surface area contributed by atoms with E-state index in [2.05, 4.69) is 28.7 Å². The number of nitrogens with zero attached hydrogens (tertiary/aromatic N) is 5. The van der Waals surface area contributed by atoms with E-state index in [0.29, 0.717) is 29.3 Å². The van der Waals surface area contributed by atoms with Crippen LogP contribution in [0.1, 0.15) is 43.1 Å². The van der Waals surface area contributed by atoms with Gasteiger partial charge in [-0.3, -0.25) is 4.79 Å². The number of rotatable bonds is 5. The lowest BCUT2D eigenvalue weighted by molar-refractivity contribution is 0.0736. The van der Waals surface area contributed by atoms with Crippen molar-refractivity contribution < 1.29 is 4.79 Å². The number of carbonyl (C=O) groups is 1. The van der Waals surface area contributed by atoms with Crippen molar-refractivity contribution in [2.24, 2.45) is 5.92 Å². The van der Waals surface area contributed by atoms with E-state index in [-0.39, 0.29) is 5.91 Å². The summed E-state index contributed by atoms with van der Waals surface area (Å²) in [5.74, 6) is 1.94. The predicted molar refractivity (Wildman–Crippen MR) is 109 cm³/mol. The number of piperidine rings is 1. The lowest BCUT2D eigenvalue weighted by Crippen LogP contribution is -2.36. The molecule has 1 saturated carbocycles. The van der Waals surface area contributed by atoms with Gasteiger partial charge in [0.1, 0.15) is 16.3 Å². The highest BCUT2D eigenvalue weighted by atomic mass is 32.1. The number of anilines is 1. The Morgan fingerprint density at radius 3 is 2.89 bits per heavy atom. The highest BCUT2D eigenvalue weighted by Crippen LogP contribution is 2.34. The average molecular weight is 396 g/mol. The van der Waals surface area contributed by atoms with Crippen molar-refractivity contribution in [1.29, 1.82) is 0 Å². The zero-order valence-corrected chi connectivity index (χ0v) is 16.7. The van der Waals surface area contributed by atoms with Crippen LogP contribution in [0.5, 0.6) is 0 Å². The second kappa shape index (κ2) is 7.16. The number of carbonyl (C=O) groups excluding carboxylic acids is 1. The van der Waals surface area contributed by atoms with E-state index in [0.717, 1.165) is 36.3 Å². The molecule has 4 heterocycles. The molecule has 1 atom stereocenters. The zero-order valence-electron chi connectivity index (χ0n) is 15.8. The summed E-state index contributed by atoms with van der Waals surface area (Å²) < 4.78 is 1.82. The minimum absolute atomic E-state index is 0.0199. The first-order chi connectivity index (χ1) is 13.7. The molecule has 2 aliphatic rings. The quantitative estimate of drug-likeness (QED) is 0.716. The molecular weight excluding hydrogens is 372 g/mol. The molecule has 145 valence electrons. The number of hydrogen-bond donors (Lipinski definition) is 1. The number of thiazole rings is 1. The van der Waals surface area contributed by atoms with Crippen molar-refractivity contribution in [3.05, 3.63) is 36.0 Å². The Hall–Kier alpha value is -2.48. The number of hydrogen-bond acceptors (Lipinski definition) is 6. The van der Waals surface area contributed by atoms with E-state index in [1.165, 1.54) is 12.8 Å². The van der Waals surface area contributed by atoms with Crippen LogP contribution >= 0.6 is 11.3 Å². The molecule has 1 radical (unpaired) electrons. The fraction of sp³-hybridized carbons (Fsp3) is 0.450. The molecule has 1 amide bonds. The fourth-order valence-corrected chi connectivity index (χ4v) is 4.49. The highest BCUT2D eigenvalue weighted by Gasteiger charge is 2.29. The highest BCUT2D eigenvalue weighted by molar-refractivity contribution is 7.16. The third-order valence-corrected chi connectivity index (χ3v) is 6.40. The van der Waals surface area contributed by atoms with Gasteiger partial charge in [0.15, 0.2) is 5.82 Å². The van der Waals surface area contributed by atoms with E-state index in [1.54, 1.807) is 23.6 Å². The van der Waals surface area contributed by atoms with Gasteiger partial charge in [0.2, 0.25) is 0 Å². The Kier molecular flexibility index (Phi) is 4.50. The Morgan fingerprint density at radius 1 is 1.29 bits per heavy atom. The average Bonchev–Trinajstić information content (AvgIpc) is 3.34. The molecule has 28 heavy (non-hydrogen) atoms. The van der Waals surface area contributed by atoms with Gasteiger partial charge in [-0.1, -0.05) is 0 Å². The van der Waals surface area contributed by atoms with Crippen LogP contribution in [0.25, 0.3) is 16.2 Å². The van der Waals surface area contributed by atoms with E-state index < -0.39 is 0 Å². The van der Waals surface area contributed by atoms with Gasteiger partial charge in [-0.2, -0.15) is 5.10 Å². The second-order valence-electron chi connectivity index (χ2n) is 7.60. The minimum Gasteiger partial charge on any atom is -0.367 e. The Labute approximate surface area is 167 Å². The summed E-state index contributed by atoms with van der Waals surface area (Å²) in [6, 6.07) is 2.14. The lowest BCUT2D eigenvalue weighted by Gasteiger charge is -2.26. The molecule has 0 bridgehead atoms. The van der Waals surface area contributed by atoms with Crippen LogP contribution in [0, 0.1) is 12.3 Å². The largest absolute Gasteiger partial charge is 0.367 e. The number of nitrogens with one attached hydrogen (secondary N) is 1. The van der Waals surface area contributed by atoms with Gasteiger partial charge in [0.25, 0.3) is 5.91 Å². The van der Waals surface area contributed by atoms with Gasteiger partial charge in [0, 0.05) is 36.8 Å². The first-order valence-corrected chi connectivity index (χ1v) is 10.7. The van der Waals surface area contributed by atoms with Crippen LogP contribution < -0.4 is 5.32 Å². The number of likely N-dealkylation sites (tertiary alicyclic amines) is 1. The molecule has 0 spiro atoms. The van der Waals surface area contributed by atoms with Gasteiger partial charge in [0.05, 0.1) is 11.8 Å². The van der Waals surface area contributed by atoms with Gasteiger partial charge in [-0.25, -0.2) is 14.5 Å². The molecule has 1 N–H and O–H groups in total.